The third-order valence-corrected chi connectivity index (χ3v) is 5.56. The molecule has 0 radical (unpaired) electrons. The van der Waals surface area contributed by atoms with Crippen LogP contribution in [0.1, 0.15) is 11.3 Å². The smallest absolute Gasteiger partial charge is 0.268 e. The number of hydrogen-bond acceptors (Lipinski definition) is 8. The van der Waals surface area contributed by atoms with Gasteiger partial charge in [-0.3, -0.25) is 10.1 Å². The van der Waals surface area contributed by atoms with Crippen LogP contribution in [0.3, 0.4) is 0 Å². The van der Waals surface area contributed by atoms with Crippen molar-refractivity contribution in [3.63, 3.8) is 0 Å². The summed E-state index contributed by atoms with van der Waals surface area (Å²) in [4.78, 5) is 16.4. The van der Waals surface area contributed by atoms with Crippen molar-refractivity contribution in [2.75, 3.05) is 11.6 Å². The third-order valence-electron chi connectivity index (χ3n) is 3.29. The highest BCUT2D eigenvalue weighted by molar-refractivity contribution is 7.98. The number of nitriles is 1. The summed E-state index contributed by atoms with van der Waals surface area (Å²) in [5.74, 6) is 0.674. The van der Waals surface area contributed by atoms with Gasteiger partial charge in [0.1, 0.15) is 17.4 Å². The highest BCUT2D eigenvalue weighted by Gasteiger charge is 2.13. The van der Waals surface area contributed by atoms with E-state index >= 15 is 0 Å². The second-order valence-corrected chi connectivity index (χ2v) is 7.65. The van der Waals surface area contributed by atoms with Gasteiger partial charge in [0.25, 0.3) is 5.91 Å². The maximum atomic E-state index is 12.2. The zero-order valence-electron chi connectivity index (χ0n) is 14.2. The molecule has 9 heteroatoms. The number of benzene rings is 1. The molecule has 0 saturated heterocycles. The van der Waals surface area contributed by atoms with E-state index in [9.17, 15) is 10.1 Å². The highest BCUT2D eigenvalue weighted by atomic mass is 32.2. The Kier molecular flexibility index (Phi) is 6.70. The van der Waals surface area contributed by atoms with Gasteiger partial charge in [-0.15, -0.1) is 0 Å². The molecule has 27 heavy (non-hydrogen) atoms. The van der Waals surface area contributed by atoms with E-state index in [-0.39, 0.29) is 5.57 Å². The SMILES string of the molecule is CSc1nsc(NC(=O)/C(C#N)=C\c2ccc(SCc3ccccc3)o2)n1. The number of thioether (sulfide) groups is 2. The number of hydrogen-bond donors (Lipinski definition) is 1. The number of aromatic nitrogens is 2. The van der Waals surface area contributed by atoms with Gasteiger partial charge in [0.05, 0.1) is 0 Å². The number of amides is 1. The Balaban J connectivity index is 1.64. The Morgan fingerprint density at radius 1 is 1.33 bits per heavy atom. The molecule has 0 aliphatic carbocycles. The lowest BCUT2D eigenvalue weighted by atomic mass is 10.2. The van der Waals surface area contributed by atoms with Crippen molar-refractivity contribution < 1.29 is 9.21 Å². The minimum atomic E-state index is -0.545. The van der Waals surface area contributed by atoms with E-state index in [1.807, 2.05) is 48.7 Å². The molecule has 2 heterocycles. The summed E-state index contributed by atoms with van der Waals surface area (Å²) in [7, 11) is 0. The fourth-order valence-electron chi connectivity index (χ4n) is 2.02. The molecule has 0 atom stereocenters. The summed E-state index contributed by atoms with van der Waals surface area (Å²) >= 11 is 3.99. The number of nitrogens with zero attached hydrogens (tertiary/aromatic N) is 3. The minimum Gasteiger partial charge on any atom is -0.450 e. The average Bonchev–Trinajstić information content (AvgIpc) is 3.34. The van der Waals surface area contributed by atoms with Crippen molar-refractivity contribution >= 4 is 52.2 Å². The van der Waals surface area contributed by atoms with Crippen LogP contribution in [0.25, 0.3) is 6.08 Å². The van der Waals surface area contributed by atoms with E-state index in [2.05, 4.69) is 14.7 Å². The van der Waals surface area contributed by atoms with Crippen LogP contribution < -0.4 is 5.32 Å². The quantitative estimate of drug-likeness (QED) is 0.340. The van der Waals surface area contributed by atoms with Gasteiger partial charge in [0.15, 0.2) is 5.09 Å². The molecule has 0 bridgehead atoms. The number of nitrogens with one attached hydrogen (secondary N) is 1. The van der Waals surface area contributed by atoms with Crippen LogP contribution in [-0.2, 0) is 10.5 Å². The van der Waals surface area contributed by atoms with Crippen molar-refractivity contribution in [3.8, 4) is 6.07 Å². The van der Waals surface area contributed by atoms with Crippen LogP contribution >= 0.6 is 35.1 Å². The molecule has 6 nitrogen and oxygen atoms in total. The van der Waals surface area contributed by atoms with Crippen LogP contribution in [0.2, 0.25) is 0 Å². The third kappa shape index (κ3) is 5.47. The van der Waals surface area contributed by atoms with Gasteiger partial charge in [-0.25, -0.2) is 0 Å². The molecule has 1 amide bonds. The van der Waals surface area contributed by atoms with E-state index in [0.29, 0.717) is 16.0 Å². The zero-order chi connectivity index (χ0) is 19.1. The Morgan fingerprint density at radius 2 is 2.15 bits per heavy atom. The lowest BCUT2D eigenvalue weighted by Gasteiger charge is -1.99. The van der Waals surface area contributed by atoms with Gasteiger partial charge in [0, 0.05) is 23.4 Å². The molecule has 3 rings (SSSR count). The van der Waals surface area contributed by atoms with E-state index in [4.69, 9.17) is 4.42 Å². The van der Waals surface area contributed by atoms with Crippen molar-refractivity contribution in [3.05, 3.63) is 59.4 Å². The summed E-state index contributed by atoms with van der Waals surface area (Å²) in [5, 5.41) is 13.5. The first-order chi connectivity index (χ1) is 13.2. The van der Waals surface area contributed by atoms with Crippen LogP contribution in [0, 0.1) is 11.3 Å². The van der Waals surface area contributed by atoms with Gasteiger partial charge >= 0.3 is 0 Å². The maximum Gasteiger partial charge on any atom is 0.268 e. The second-order valence-electron chi connectivity index (χ2n) is 5.14. The summed E-state index contributed by atoms with van der Waals surface area (Å²) in [6.07, 6.45) is 3.26. The number of furan rings is 1. The molecule has 2 aromatic heterocycles. The lowest BCUT2D eigenvalue weighted by Crippen LogP contribution is -2.13. The Labute approximate surface area is 168 Å². The van der Waals surface area contributed by atoms with Crippen LogP contribution in [-0.4, -0.2) is 21.5 Å². The molecule has 0 aliphatic rings. The molecule has 1 N–H and O–H groups in total. The highest BCUT2D eigenvalue weighted by Crippen LogP contribution is 2.26. The summed E-state index contributed by atoms with van der Waals surface area (Å²) in [6.45, 7) is 0. The predicted molar refractivity (Wildman–Crippen MR) is 109 cm³/mol. The first-order valence-corrected chi connectivity index (χ1v) is 10.7. The van der Waals surface area contributed by atoms with E-state index in [1.165, 1.54) is 23.4 Å². The van der Waals surface area contributed by atoms with E-state index in [0.717, 1.165) is 22.4 Å². The number of carbonyl (C=O) groups excluding carboxylic acids is 1. The lowest BCUT2D eigenvalue weighted by molar-refractivity contribution is -0.112. The second kappa shape index (κ2) is 9.41. The predicted octanol–water partition coefficient (Wildman–Crippen LogP) is 4.69. The van der Waals surface area contributed by atoms with Gasteiger partial charge < -0.3 is 4.42 Å². The fourth-order valence-corrected chi connectivity index (χ4v) is 3.96. The van der Waals surface area contributed by atoms with Gasteiger partial charge in [0.2, 0.25) is 10.3 Å². The molecule has 0 fully saturated rings. The zero-order valence-corrected chi connectivity index (χ0v) is 16.7. The Morgan fingerprint density at radius 3 is 2.85 bits per heavy atom. The topological polar surface area (TPSA) is 91.8 Å². The molecule has 3 aromatic rings. The summed E-state index contributed by atoms with van der Waals surface area (Å²) < 4.78 is 9.75. The van der Waals surface area contributed by atoms with Crippen LogP contribution in [0.4, 0.5) is 5.13 Å². The van der Waals surface area contributed by atoms with Crippen molar-refractivity contribution in [2.24, 2.45) is 0 Å². The standard InChI is InChI=1S/C18H14N4O2S3/c1-25-18-21-17(27-22-18)20-16(23)13(10-19)9-14-7-8-15(24-14)26-11-12-5-3-2-4-6-12/h2-9H,11H2,1H3,(H,20,21,22,23)/b13-9-. The largest absolute Gasteiger partial charge is 0.450 e. The van der Waals surface area contributed by atoms with Gasteiger partial charge in [-0.2, -0.15) is 14.6 Å². The minimum absolute atomic E-state index is 0.0649. The fraction of sp³-hybridized carbons (Fsp3) is 0.111. The molecule has 1 aromatic carbocycles. The first-order valence-electron chi connectivity index (χ1n) is 7.75. The number of carbonyl (C=O) groups is 1. The van der Waals surface area contributed by atoms with Gasteiger partial charge in [-0.1, -0.05) is 53.9 Å². The monoisotopic (exact) mass is 414 g/mol. The van der Waals surface area contributed by atoms with Crippen LogP contribution in [0.15, 0.2) is 62.7 Å². The van der Waals surface area contributed by atoms with Crippen molar-refractivity contribution in [1.29, 1.82) is 5.26 Å². The average molecular weight is 415 g/mol. The van der Waals surface area contributed by atoms with Gasteiger partial charge in [-0.05, 0) is 24.0 Å². The molecule has 0 unspecified atom stereocenters. The van der Waals surface area contributed by atoms with Crippen molar-refractivity contribution in [1.82, 2.24) is 9.36 Å². The first kappa shape index (κ1) is 19.2. The summed E-state index contributed by atoms with van der Waals surface area (Å²) in [6, 6.07) is 15.5. The van der Waals surface area contributed by atoms with E-state index in [1.54, 1.807) is 17.8 Å². The summed E-state index contributed by atoms with van der Waals surface area (Å²) in [5.41, 5.74) is 1.12. The Hall–Kier alpha value is -2.54. The molecular formula is C18H14N4O2S3. The van der Waals surface area contributed by atoms with E-state index < -0.39 is 5.91 Å². The molecule has 0 aliphatic heterocycles. The normalized spacial score (nSPS) is 11.2. The molecule has 0 spiro atoms. The van der Waals surface area contributed by atoms with Crippen molar-refractivity contribution in [2.45, 2.75) is 16.0 Å². The molecule has 0 saturated carbocycles. The maximum absolute atomic E-state index is 12.2. The number of rotatable bonds is 7. The molecular weight excluding hydrogens is 400 g/mol. The Bertz CT molecular complexity index is 989. The van der Waals surface area contributed by atoms with Crippen LogP contribution in [0.5, 0.6) is 0 Å². The molecule has 136 valence electrons. The number of anilines is 1.